The predicted octanol–water partition coefficient (Wildman–Crippen LogP) is 0.134. The van der Waals surface area contributed by atoms with Gasteiger partial charge in [-0.25, -0.2) is 0 Å². The quantitative estimate of drug-likeness (QED) is 0.646. The van der Waals surface area contributed by atoms with Crippen molar-refractivity contribution in [1.82, 2.24) is 9.80 Å². The maximum absolute atomic E-state index is 12.2. The molecule has 0 bridgehead atoms. The molecule has 0 aromatic carbocycles. The molecule has 19 heavy (non-hydrogen) atoms. The molecule has 0 aromatic rings. The lowest BCUT2D eigenvalue weighted by Gasteiger charge is -2.23. The van der Waals surface area contributed by atoms with Gasteiger partial charge < -0.3 is 19.6 Å². The van der Waals surface area contributed by atoms with E-state index in [2.05, 4.69) is 4.90 Å². The summed E-state index contributed by atoms with van der Waals surface area (Å²) < 4.78 is 5.00. The molecule has 1 amide bonds. The third-order valence-electron chi connectivity index (χ3n) is 3.34. The Hall–Kier alpha value is -1.14. The van der Waals surface area contributed by atoms with Crippen molar-refractivity contribution in [2.45, 2.75) is 12.8 Å². The fourth-order valence-corrected chi connectivity index (χ4v) is 2.09. The fraction of sp³-hybridized carbons (Fsp3) is 0.846. The van der Waals surface area contributed by atoms with Crippen molar-refractivity contribution >= 4 is 11.9 Å². The molecule has 0 spiro atoms. The van der Waals surface area contributed by atoms with E-state index in [0.29, 0.717) is 26.1 Å². The molecule has 0 heterocycles. The van der Waals surface area contributed by atoms with E-state index in [1.165, 1.54) is 0 Å². The average molecular weight is 272 g/mol. The third kappa shape index (κ3) is 5.16. The molecule has 0 saturated heterocycles. The zero-order chi connectivity index (χ0) is 14.4. The number of amides is 1. The number of ether oxygens (including phenoxy) is 1. The number of hydrogen-bond donors (Lipinski definition) is 1. The van der Waals surface area contributed by atoms with Crippen LogP contribution in [0.2, 0.25) is 0 Å². The van der Waals surface area contributed by atoms with Crippen LogP contribution >= 0.6 is 0 Å². The highest BCUT2D eigenvalue weighted by Gasteiger charge is 2.49. The van der Waals surface area contributed by atoms with Crippen LogP contribution in [0.4, 0.5) is 0 Å². The summed E-state index contributed by atoms with van der Waals surface area (Å²) in [7, 11) is 5.57. The van der Waals surface area contributed by atoms with Gasteiger partial charge >= 0.3 is 5.97 Å². The highest BCUT2D eigenvalue weighted by Crippen LogP contribution is 2.40. The van der Waals surface area contributed by atoms with Crippen LogP contribution < -0.4 is 0 Å². The number of carboxylic acids is 1. The number of carbonyl (C=O) groups excluding carboxylic acids is 1. The molecule has 1 aliphatic rings. The first-order chi connectivity index (χ1) is 8.97. The summed E-state index contributed by atoms with van der Waals surface area (Å²) in [6.45, 7) is 2.58. The molecular weight excluding hydrogens is 248 g/mol. The molecule has 6 heteroatoms. The van der Waals surface area contributed by atoms with E-state index in [0.717, 1.165) is 13.0 Å². The van der Waals surface area contributed by atoms with Crippen molar-refractivity contribution in [2.75, 3.05) is 47.4 Å². The molecule has 1 aliphatic carbocycles. The minimum absolute atomic E-state index is 0.0387. The van der Waals surface area contributed by atoms with E-state index in [-0.39, 0.29) is 11.8 Å². The van der Waals surface area contributed by atoms with Gasteiger partial charge in [-0.3, -0.25) is 9.59 Å². The number of carboxylic acid groups (broad SMARTS) is 1. The lowest BCUT2D eigenvalue weighted by atomic mass is 10.2. The number of methoxy groups -OCH3 is 1. The Balaban J connectivity index is 2.44. The zero-order valence-electron chi connectivity index (χ0n) is 12.0. The Morgan fingerprint density at radius 2 is 1.89 bits per heavy atom. The molecule has 1 saturated carbocycles. The van der Waals surface area contributed by atoms with Crippen molar-refractivity contribution in [3.8, 4) is 0 Å². The van der Waals surface area contributed by atoms with Gasteiger partial charge in [0.15, 0.2) is 0 Å². The van der Waals surface area contributed by atoms with Crippen LogP contribution in [0.1, 0.15) is 12.8 Å². The first-order valence-electron chi connectivity index (χ1n) is 6.62. The molecule has 0 aliphatic heterocycles. The molecule has 1 rings (SSSR count). The van der Waals surface area contributed by atoms with Crippen LogP contribution in [-0.4, -0.2) is 74.2 Å². The number of carbonyl (C=O) groups is 2. The van der Waals surface area contributed by atoms with E-state index >= 15 is 0 Å². The summed E-state index contributed by atoms with van der Waals surface area (Å²) in [5, 5.41) is 8.88. The van der Waals surface area contributed by atoms with E-state index in [9.17, 15) is 9.59 Å². The van der Waals surface area contributed by atoms with Crippen LogP contribution in [0.25, 0.3) is 0 Å². The molecule has 2 atom stereocenters. The zero-order valence-corrected chi connectivity index (χ0v) is 12.0. The second kappa shape index (κ2) is 7.45. The van der Waals surface area contributed by atoms with Crippen LogP contribution in [0.5, 0.6) is 0 Å². The first kappa shape index (κ1) is 15.9. The minimum Gasteiger partial charge on any atom is -0.481 e. The molecule has 0 aromatic heterocycles. The second-order valence-electron chi connectivity index (χ2n) is 5.26. The lowest BCUT2D eigenvalue weighted by Crippen LogP contribution is -2.37. The fourth-order valence-electron chi connectivity index (χ4n) is 2.09. The summed E-state index contributed by atoms with van der Waals surface area (Å²) in [6.07, 6.45) is 1.36. The molecule has 1 fully saturated rings. The van der Waals surface area contributed by atoms with Crippen molar-refractivity contribution in [1.29, 1.82) is 0 Å². The van der Waals surface area contributed by atoms with Gasteiger partial charge in [-0.1, -0.05) is 0 Å². The molecule has 1 N–H and O–H groups in total. The van der Waals surface area contributed by atoms with Gasteiger partial charge in [0.25, 0.3) is 0 Å². The maximum Gasteiger partial charge on any atom is 0.307 e. The SMILES string of the molecule is COCCN(CCCN(C)C)C(=O)C1CC1C(=O)O. The largest absolute Gasteiger partial charge is 0.481 e. The molecule has 0 radical (unpaired) electrons. The van der Waals surface area contributed by atoms with Gasteiger partial charge in [0, 0.05) is 20.2 Å². The molecule has 6 nitrogen and oxygen atoms in total. The maximum atomic E-state index is 12.2. The van der Waals surface area contributed by atoms with Crippen molar-refractivity contribution < 1.29 is 19.4 Å². The van der Waals surface area contributed by atoms with E-state index < -0.39 is 11.9 Å². The topological polar surface area (TPSA) is 70.1 Å². The minimum atomic E-state index is -0.863. The first-order valence-corrected chi connectivity index (χ1v) is 6.62. The van der Waals surface area contributed by atoms with Crippen molar-refractivity contribution in [3.05, 3.63) is 0 Å². The van der Waals surface area contributed by atoms with E-state index in [4.69, 9.17) is 9.84 Å². The summed E-state index contributed by atoms with van der Waals surface area (Å²) >= 11 is 0. The average Bonchev–Trinajstić information content (AvgIpc) is 3.12. The van der Waals surface area contributed by atoms with Crippen LogP contribution in [0.3, 0.4) is 0 Å². The smallest absolute Gasteiger partial charge is 0.307 e. The Kier molecular flexibility index (Phi) is 6.24. The summed E-state index contributed by atoms with van der Waals surface area (Å²) in [5.74, 6) is -1.71. The molecule has 2 unspecified atom stereocenters. The van der Waals surface area contributed by atoms with Gasteiger partial charge in [-0.05, 0) is 33.5 Å². The number of aliphatic carboxylic acids is 1. The van der Waals surface area contributed by atoms with Crippen LogP contribution in [-0.2, 0) is 14.3 Å². The highest BCUT2D eigenvalue weighted by molar-refractivity contribution is 5.89. The van der Waals surface area contributed by atoms with Gasteiger partial charge in [0.2, 0.25) is 5.91 Å². The van der Waals surface area contributed by atoms with Gasteiger partial charge in [-0.2, -0.15) is 0 Å². The summed E-state index contributed by atoms with van der Waals surface area (Å²) in [5.41, 5.74) is 0. The monoisotopic (exact) mass is 272 g/mol. The second-order valence-corrected chi connectivity index (χ2v) is 5.26. The van der Waals surface area contributed by atoms with Gasteiger partial charge in [0.1, 0.15) is 0 Å². The standard InChI is InChI=1S/C13H24N2O4/c1-14(2)5-4-6-15(7-8-19-3)12(16)10-9-11(10)13(17)18/h10-11H,4-9H2,1-3H3,(H,17,18). The number of nitrogens with zero attached hydrogens (tertiary/aromatic N) is 2. The molecule has 110 valence electrons. The Bertz CT molecular complexity index is 320. The van der Waals surface area contributed by atoms with E-state index in [1.807, 2.05) is 14.1 Å². The van der Waals surface area contributed by atoms with Crippen LogP contribution in [0.15, 0.2) is 0 Å². The molecular formula is C13H24N2O4. The summed E-state index contributed by atoms with van der Waals surface area (Å²) in [4.78, 5) is 26.8. The Morgan fingerprint density at radius 1 is 1.21 bits per heavy atom. The number of hydrogen-bond acceptors (Lipinski definition) is 4. The van der Waals surface area contributed by atoms with Crippen molar-refractivity contribution in [2.24, 2.45) is 11.8 Å². The summed E-state index contributed by atoms with van der Waals surface area (Å²) in [6, 6.07) is 0. The van der Waals surface area contributed by atoms with E-state index in [1.54, 1.807) is 12.0 Å². The van der Waals surface area contributed by atoms with Crippen LogP contribution in [0, 0.1) is 11.8 Å². The van der Waals surface area contributed by atoms with Gasteiger partial charge in [0.05, 0.1) is 18.4 Å². The predicted molar refractivity (Wildman–Crippen MR) is 70.9 cm³/mol. The number of rotatable bonds is 9. The van der Waals surface area contributed by atoms with Gasteiger partial charge in [-0.15, -0.1) is 0 Å². The normalized spacial score (nSPS) is 21.5. The Morgan fingerprint density at radius 3 is 2.37 bits per heavy atom. The third-order valence-corrected chi connectivity index (χ3v) is 3.34. The van der Waals surface area contributed by atoms with Crippen molar-refractivity contribution in [3.63, 3.8) is 0 Å². The lowest BCUT2D eigenvalue weighted by molar-refractivity contribution is -0.142. The highest BCUT2D eigenvalue weighted by atomic mass is 16.5. The Labute approximate surface area is 114 Å².